The Balaban J connectivity index is 2.39. The summed E-state index contributed by atoms with van der Waals surface area (Å²) in [5.74, 6) is 0.299. The molecule has 0 spiro atoms. The minimum absolute atomic E-state index is 0.227. The van der Waals surface area contributed by atoms with Crippen LogP contribution in [0.3, 0.4) is 0 Å². The highest BCUT2D eigenvalue weighted by Gasteiger charge is 2.08. The molecule has 0 bridgehead atoms. The first-order valence-electron chi connectivity index (χ1n) is 4.73. The molecule has 14 heavy (non-hydrogen) atoms. The highest BCUT2D eigenvalue weighted by Crippen LogP contribution is 2.26. The number of hydrogen-bond donors (Lipinski definition) is 2. The predicted molar refractivity (Wildman–Crippen MR) is 62.0 cm³/mol. The van der Waals surface area contributed by atoms with Gasteiger partial charge in [-0.05, 0) is 25.0 Å². The van der Waals surface area contributed by atoms with E-state index in [1.807, 2.05) is 19.1 Å². The molecule has 4 heteroatoms. The minimum atomic E-state index is 0.227. The Kier molecular flexibility index (Phi) is 4.89. The third kappa shape index (κ3) is 3.58. The highest BCUT2D eigenvalue weighted by atomic mass is 35.5. The Morgan fingerprint density at radius 3 is 2.71 bits per heavy atom. The van der Waals surface area contributed by atoms with Crippen LogP contribution in [-0.4, -0.2) is 18.3 Å². The molecule has 1 aromatic heterocycles. The molecule has 2 nitrogen and oxygen atoms in total. The van der Waals surface area contributed by atoms with Crippen molar-refractivity contribution in [3.63, 3.8) is 0 Å². The third-order valence-electron chi connectivity index (χ3n) is 2.10. The Morgan fingerprint density at radius 2 is 2.21 bits per heavy atom. The molecule has 0 amide bonds. The molecule has 0 aliphatic rings. The van der Waals surface area contributed by atoms with Crippen molar-refractivity contribution in [2.75, 3.05) is 13.2 Å². The van der Waals surface area contributed by atoms with Gasteiger partial charge in [0.25, 0.3) is 0 Å². The smallest absolute Gasteiger partial charge is 0.0931 e. The summed E-state index contributed by atoms with van der Waals surface area (Å²) >= 11 is 7.44. The molecule has 2 unspecified atom stereocenters. The molecule has 1 heterocycles. The lowest BCUT2D eigenvalue weighted by atomic mass is 10.2. The van der Waals surface area contributed by atoms with Gasteiger partial charge in [-0.15, -0.1) is 11.3 Å². The van der Waals surface area contributed by atoms with E-state index in [1.165, 1.54) is 4.88 Å². The van der Waals surface area contributed by atoms with Gasteiger partial charge >= 0.3 is 0 Å². The fourth-order valence-electron chi connectivity index (χ4n) is 1.10. The number of halogens is 1. The Bertz CT molecular complexity index is 277. The molecule has 0 saturated heterocycles. The molecule has 0 saturated carbocycles. The average Bonchev–Trinajstić information content (AvgIpc) is 2.60. The molecule has 0 aliphatic heterocycles. The number of nitrogens with one attached hydrogen (secondary N) is 1. The van der Waals surface area contributed by atoms with Crippen LogP contribution < -0.4 is 5.32 Å². The topological polar surface area (TPSA) is 32.3 Å². The summed E-state index contributed by atoms with van der Waals surface area (Å²) < 4.78 is 0.823. The summed E-state index contributed by atoms with van der Waals surface area (Å²) in [6.45, 7) is 5.17. The van der Waals surface area contributed by atoms with E-state index in [0.29, 0.717) is 12.0 Å². The van der Waals surface area contributed by atoms with E-state index >= 15 is 0 Å². The largest absolute Gasteiger partial charge is 0.396 e. The van der Waals surface area contributed by atoms with Crippen LogP contribution in [0.15, 0.2) is 12.1 Å². The van der Waals surface area contributed by atoms with Gasteiger partial charge in [0.05, 0.1) is 4.34 Å². The van der Waals surface area contributed by atoms with E-state index < -0.39 is 0 Å². The molecular formula is C10H16ClNOS. The molecule has 2 atom stereocenters. The van der Waals surface area contributed by atoms with Gasteiger partial charge < -0.3 is 10.4 Å². The summed E-state index contributed by atoms with van der Waals surface area (Å²) in [5, 5.41) is 12.2. The van der Waals surface area contributed by atoms with E-state index in [-0.39, 0.29) is 6.61 Å². The van der Waals surface area contributed by atoms with E-state index in [9.17, 15) is 0 Å². The molecule has 0 aromatic carbocycles. The van der Waals surface area contributed by atoms with Gasteiger partial charge in [0.15, 0.2) is 0 Å². The summed E-state index contributed by atoms with van der Waals surface area (Å²) in [6, 6.07) is 4.25. The zero-order valence-corrected chi connectivity index (χ0v) is 10.0. The molecule has 0 radical (unpaired) electrons. The number of rotatable bonds is 5. The van der Waals surface area contributed by atoms with Gasteiger partial charge in [-0.3, -0.25) is 0 Å². The fourth-order valence-corrected chi connectivity index (χ4v) is 2.19. The Morgan fingerprint density at radius 1 is 1.50 bits per heavy atom. The molecule has 80 valence electrons. The normalized spacial score (nSPS) is 15.4. The van der Waals surface area contributed by atoms with E-state index in [4.69, 9.17) is 16.7 Å². The molecule has 1 rings (SSSR count). The van der Waals surface area contributed by atoms with Crippen molar-refractivity contribution in [3.8, 4) is 0 Å². The van der Waals surface area contributed by atoms with Gasteiger partial charge in [-0.1, -0.05) is 18.5 Å². The van der Waals surface area contributed by atoms with E-state index in [2.05, 4.69) is 12.2 Å². The SMILES string of the molecule is CC(CO)CNC(C)c1ccc(Cl)s1. The highest BCUT2D eigenvalue weighted by molar-refractivity contribution is 7.16. The maximum atomic E-state index is 8.86. The number of hydrogen-bond acceptors (Lipinski definition) is 3. The van der Waals surface area contributed by atoms with Crippen molar-refractivity contribution in [3.05, 3.63) is 21.3 Å². The van der Waals surface area contributed by atoms with Crippen LogP contribution in [0.5, 0.6) is 0 Å². The van der Waals surface area contributed by atoms with Crippen molar-refractivity contribution < 1.29 is 5.11 Å². The minimum Gasteiger partial charge on any atom is -0.396 e. The summed E-state index contributed by atoms with van der Waals surface area (Å²) in [5.41, 5.74) is 0. The van der Waals surface area contributed by atoms with Crippen LogP contribution in [0, 0.1) is 5.92 Å². The molecular weight excluding hydrogens is 218 g/mol. The molecule has 0 fully saturated rings. The van der Waals surface area contributed by atoms with Gasteiger partial charge in [0.1, 0.15) is 0 Å². The third-order valence-corrected chi connectivity index (χ3v) is 3.52. The van der Waals surface area contributed by atoms with Gasteiger partial charge in [0.2, 0.25) is 0 Å². The van der Waals surface area contributed by atoms with Crippen LogP contribution in [-0.2, 0) is 0 Å². The lowest BCUT2D eigenvalue weighted by Gasteiger charge is -2.14. The van der Waals surface area contributed by atoms with Crippen LogP contribution in [0.2, 0.25) is 4.34 Å². The van der Waals surface area contributed by atoms with Crippen LogP contribution in [0.25, 0.3) is 0 Å². The molecule has 0 aliphatic carbocycles. The monoisotopic (exact) mass is 233 g/mol. The van der Waals surface area contributed by atoms with E-state index in [1.54, 1.807) is 11.3 Å². The zero-order chi connectivity index (χ0) is 10.6. The molecule has 1 aromatic rings. The average molecular weight is 234 g/mol. The summed E-state index contributed by atoms with van der Waals surface area (Å²) in [7, 11) is 0. The second kappa shape index (κ2) is 5.71. The van der Waals surface area contributed by atoms with Crippen molar-refractivity contribution in [1.82, 2.24) is 5.32 Å². The quantitative estimate of drug-likeness (QED) is 0.820. The molecule has 2 N–H and O–H groups in total. The standard InChI is InChI=1S/C10H16ClNOS/c1-7(6-13)5-12-8(2)9-3-4-10(11)14-9/h3-4,7-8,12-13H,5-6H2,1-2H3. The summed E-state index contributed by atoms with van der Waals surface area (Å²) in [4.78, 5) is 1.24. The van der Waals surface area contributed by atoms with Crippen molar-refractivity contribution in [2.24, 2.45) is 5.92 Å². The first kappa shape index (κ1) is 12.0. The van der Waals surface area contributed by atoms with Crippen LogP contribution in [0.4, 0.5) is 0 Å². The number of thiophene rings is 1. The summed E-state index contributed by atoms with van der Waals surface area (Å²) in [6.07, 6.45) is 0. The lowest BCUT2D eigenvalue weighted by molar-refractivity contribution is 0.231. The zero-order valence-electron chi connectivity index (χ0n) is 8.46. The lowest BCUT2D eigenvalue weighted by Crippen LogP contribution is -2.25. The number of aliphatic hydroxyl groups excluding tert-OH is 1. The number of aliphatic hydroxyl groups is 1. The maximum absolute atomic E-state index is 8.86. The first-order valence-corrected chi connectivity index (χ1v) is 5.92. The van der Waals surface area contributed by atoms with Gasteiger partial charge in [0, 0.05) is 24.1 Å². The Labute approximate surface area is 93.9 Å². The maximum Gasteiger partial charge on any atom is 0.0931 e. The van der Waals surface area contributed by atoms with Crippen LogP contribution in [0.1, 0.15) is 24.8 Å². The van der Waals surface area contributed by atoms with Gasteiger partial charge in [-0.25, -0.2) is 0 Å². The second-order valence-electron chi connectivity index (χ2n) is 3.56. The van der Waals surface area contributed by atoms with Crippen molar-refractivity contribution in [1.29, 1.82) is 0 Å². The van der Waals surface area contributed by atoms with Crippen molar-refractivity contribution in [2.45, 2.75) is 19.9 Å². The Hall–Kier alpha value is -0.0900. The fraction of sp³-hybridized carbons (Fsp3) is 0.600. The van der Waals surface area contributed by atoms with Gasteiger partial charge in [-0.2, -0.15) is 0 Å². The predicted octanol–water partition coefficient (Wildman–Crippen LogP) is 2.68. The second-order valence-corrected chi connectivity index (χ2v) is 5.31. The van der Waals surface area contributed by atoms with Crippen LogP contribution >= 0.6 is 22.9 Å². The van der Waals surface area contributed by atoms with Crippen molar-refractivity contribution >= 4 is 22.9 Å². The van der Waals surface area contributed by atoms with E-state index in [0.717, 1.165) is 10.9 Å². The first-order chi connectivity index (χ1) is 6.63.